The van der Waals surface area contributed by atoms with Crippen LogP contribution in [0.2, 0.25) is 0 Å². The lowest BCUT2D eigenvalue weighted by molar-refractivity contribution is 0.00578. The molecular formula is C16H18BN3O2. The van der Waals surface area contributed by atoms with E-state index in [4.69, 9.17) is 14.6 Å². The molecule has 1 fully saturated rings. The molecule has 22 heavy (non-hydrogen) atoms. The van der Waals surface area contributed by atoms with Gasteiger partial charge in [0.1, 0.15) is 0 Å². The quantitative estimate of drug-likeness (QED) is 0.796. The Morgan fingerprint density at radius 3 is 2.18 bits per heavy atom. The van der Waals surface area contributed by atoms with Crippen molar-refractivity contribution in [2.75, 3.05) is 0 Å². The van der Waals surface area contributed by atoms with Gasteiger partial charge in [0.05, 0.1) is 34.1 Å². The fraction of sp³-hybridized carbons (Fsp3) is 0.375. The number of hydrogen-bond acceptors (Lipinski definition) is 4. The monoisotopic (exact) mass is 295 g/mol. The van der Waals surface area contributed by atoms with Crippen LogP contribution >= 0.6 is 0 Å². The van der Waals surface area contributed by atoms with Gasteiger partial charge in [-0.15, -0.1) is 0 Å². The predicted octanol–water partition coefficient (Wildman–Crippen LogP) is 2.04. The Morgan fingerprint density at radius 1 is 1.05 bits per heavy atom. The third kappa shape index (κ3) is 2.43. The average molecular weight is 295 g/mol. The van der Waals surface area contributed by atoms with Gasteiger partial charge in [0, 0.05) is 6.20 Å². The van der Waals surface area contributed by atoms with E-state index in [0.717, 1.165) is 11.3 Å². The van der Waals surface area contributed by atoms with Crippen molar-refractivity contribution in [1.29, 1.82) is 5.26 Å². The second kappa shape index (κ2) is 4.97. The summed E-state index contributed by atoms with van der Waals surface area (Å²) < 4.78 is 13.7. The molecular weight excluding hydrogens is 277 g/mol. The van der Waals surface area contributed by atoms with Gasteiger partial charge in [0.2, 0.25) is 0 Å². The van der Waals surface area contributed by atoms with Crippen LogP contribution in [0.25, 0.3) is 5.69 Å². The highest BCUT2D eigenvalue weighted by Gasteiger charge is 2.52. The minimum Gasteiger partial charge on any atom is -0.398 e. The molecule has 1 aromatic heterocycles. The lowest BCUT2D eigenvalue weighted by atomic mass is 9.85. The molecule has 2 heterocycles. The Morgan fingerprint density at radius 2 is 1.64 bits per heavy atom. The summed E-state index contributed by atoms with van der Waals surface area (Å²) >= 11 is 0. The first-order chi connectivity index (χ1) is 10.3. The maximum absolute atomic E-state index is 8.84. The van der Waals surface area contributed by atoms with E-state index in [0.29, 0.717) is 5.56 Å². The van der Waals surface area contributed by atoms with Gasteiger partial charge in [-0.25, -0.2) is 4.68 Å². The van der Waals surface area contributed by atoms with Crippen LogP contribution < -0.4 is 5.59 Å². The topological polar surface area (TPSA) is 60.1 Å². The van der Waals surface area contributed by atoms with E-state index < -0.39 is 7.12 Å². The van der Waals surface area contributed by atoms with Gasteiger partial charge in [-0.1, -0.05) is 0 Å². The van der Waals surface area contributed by atoms with Crippen molar-refractivity contribution in [3.63, 3.8) is 0 Å². The number of benzene rings is 1. The summed E-state index contributed by atoms with van der Waals surface area (Å²) in [5.41, 5.74) is 1.50. The second-order valence-electron chi connectivity index (χ2n) is 6.43. The second-order valence-corrected chi connectivity index (χ2v) is 6.43. The van der Waals surface area contributed by atoms with E-state index in [2.05, 4.69) is 11.2 Å². The summed E-state index contributed by atoms with van der Waals surface area (Å²) in [6.45, 7) is 8.07. The Balaban J connectivity index is 1.84. The predicted molar refractivity (Wildman–Crippen MR) is 84.0 cm³/mol. The van der Waals surface area contributed by atoms with Gasteiger partial charge in [-0.3, -0.25) is 0 Å². The molecule has 0 amide bonds. The zero-order valence-corrected chi connectivity index (χ0v) is 13.2. The molecule has 6 heteroatoms. The molecule has 1 aromatic carbocycles. The highest BCUT2D eigenvalue weighted by Crippen LogP contribution is 2.36. The van der Waals surface area contributed by atoms with Crippen molar-refractivity contribution in [3.05, 3.63) is 42.1 Å². The summed E-state index contributed by atoms with van der Waals surface area (Å²) in [6.07, 6.45) is 1.86. The number of aromatic nitrogens is 2. The zero-order valence-electron chi connectivity index (χ0n) is 13.2. The van der Waals surface area contributed by atoms with E-state index in [-0.39, 0.29) is 11.2 Å². The lowest BCUT2D eigenvalue weighted by Gasteiger charge is -2.32. The smallest absolute Gasteiger partial charge is 0.398 e. The van der Waals surface area contributed by atoms with Gasteiger partial charge in [-0.05, 0) is 58.0 Å². The molecule has 5 nitrogen and oxygen atoms in total. The van der Waals surface area contributed by atoms with E-state index in [1.807, 2.05) is 52.1 Å². The van der Waals surface area contributed by atoms with Crippen LogP contribution in [0, 0.1) is 11.3 Å². The van der Waals surface area contributed by atoms with E-state index in [1.54, 1.807) is 16.8 Å². The van der Waals surface area contributed by atoms with Crippen LogP contribution in [0.4, 0.5) is 0 Å². The van der Waals surface area contributed by atoms with Crippen LogP contribution in [0.15, 0.2) is 36.5 Å². The molecule has 0 saturated carbocycles. The molecule has 3 rings (SSSR count). The molecule has 0 radical (unpaired) electrons. The zero-order chi connectivity index (χ0) is 16.0. The molecule has 2 aromatic rings. The van der Waals surface area contributed by atoms with E-state index >= 15 is 0 Å². The fourth-order valence-corrected chi connectivity index (χ4v) is 2.26. The molecule has 1 aliphatic rings. The third-order valence-electron chi connectivity index (χ3n) is 4.37. The largest absolute Gasteiger partial charge is 0.516 e. The van der Waals surface area contributed by atoms with Crippen molar-refractivity contribution < 1.29 is 9.31 Å². The van der Waals surface area contributed by atoms with Crippen LogP contribution in [0.3, 0.4) is 0 Å². The third-order valence-corrected chi connectivity index (χ3v) is 4.37. The molecule has 0 spiro atoms. The molecule has 0 aliphatic carbocycles. The van der Waals surface area contributed by atoms with Gasteiger partial charge >= 0.3 is 7.12 Å². The Bertz CT molecular complexity index is 713. The minimum atomic E-state index is -0.468. The van der Waals surface area contributed by atoms with E-state index in [9.17, 15) is 0 Å². The molecule has 1 saturated heterocycles. The lowest BCUT2D eigenvalue weighted by Crippen LogP contribution is -2.41. The summed E-state index contributed by atoms with van der Waals surface area (Å²) in [4.78, 5) is 0. The summed E-state index contributed by atoms with van der Waals surface area (Å²) in [5.74, 6) is 0. The van der Waals surface area contributed by atoms with Gasteiger partial charge in [0.25, 0.3) is 0 Å². The summed E-state index contributed by atoms with van der Waals surface area (Å²) in [7, 11) is -0.468. The molecule has 0 unspecified atom stereocenters. The number of hydrogen-bond donors (Lipinski definition) is 0. The maximum atomic E-state index is 8.84. The van der Waals surface area contributed by atoms with Gasteiger partial charge < -0.3 is 9.31 Å². The first kappa shape index (κ1) is 14.8. The summed E-state index contributed by atoms with van der Waals surface area (Å²) in [5, 5.41) is 13.4. The van der Waals surface area contributed by atoms with E-state index in [1.165, 1.54) is 0 Å². The summed E-state index contributed by atoms with van der Waals surface area (Å²) in [6, 6.07) is 11.3. The van der Waals surface area contributed by atoms with Gasteiger partial charge in [-0.2, -0.15) is 10.4 Å². The fourth-order valence-electron chi connectivity index (χ4n) is 2.26. The molecule has 0 bridgehead atoms. The Labute approximate surface area is 130 Å². The first-order valence-corrected chi connectivity index (χ1v) is 7.24. The first-order valence-electron chi connectivity index (χ1n) is 7.24. The highest BCUT2D eigenvalue weighted by molar-refractivity contribution is 6.61. The Kier molecular flexibility index (Phi) is 3.35. The SMILES string of the molecule is CC1(C)OB(c2ccn(-c3ccc(C#N)cc3)n2)OC1(C)C. The number of nitrogens with zero attached hydrogens (tertiary/aromatic N) is 3. The van der Waals surface area contributed by atoms with Crippen LogP contribution in [0.5, 0.6) is 0 Å². The van der Waals surface area contributed by atoms with Gasteiger partial charge in [0.15, 0.2) is 0 Å². The molecule has 1 aliphatic heterocycles. The molecule has 0 N–H and O–H groups in total. The number of nitriles is 1. The Hall–Kier alpha value is -2.10. The normalized spacial score (nSPS) is 19.1. The van der Waals surface area contributed by atoms with Crippen LogP contribution in [-0.2, 0) is 9.31 Å². The maximum Gasteiger partial charge on any atom is 0.516 e. The highest BCUT2D eigenvalue weighted by atomic mass is 16.7. The van der Waals surface area contributed by atoms with Crippen LogP contribution in [0.1, 0.15) is 33.3 Å². The standard InChI is InChI=1S/C16H18BN3O2/c1-15(2)16(3,4)22-17(21-15)14-9-10-20(19-14)13-7-5-12(11-18)6-8-13/h5-10H,1-4H3. The average Bonchev–Trinajstić information content (AvgIpc) is 3.03. The van der Waals surface area contributed by atoms with Crippen molar-refractivity contribution in [3.8, 4) is 11.8 Å². The van der Waals surface area contributed by atoms with Crippen molar-refractivity contribution in [1.82, 2.24) is 9.78 Å². The van der Waals surface area contributed by atoms with Crippen molar-refractivity contribution in [2.24, 2.45) is 0 Å². The molecule has 112 valence electrons. The molecule has 0 atom stereocenters. The number of rotatable bonds is 2. The van der Waals surface area contributed by atoms with Crippen LogP contribution in [-0.4, -0.2) is 28.1 Å². The van der Waals surface area contributed by atoms with Crippen molar-refractivity contribution >= 4 is 12.7 Å². The minimum absolute atomic E-state index is 0.379. The van der Waals surface area contributed by atoms with Crippen molar-refractivity contribution in [2.45, 2.75) is 38.9 Å².